The van der Waals surface area contributed by atoms with E-state index >= 15 is 0 Å². The number of nitrogens with one attached hydrogen (secondary N) is 2. The summed E-state index contributed by atoms with van der Waals surface area (Å²) in [6.45, 7) is 1.78. The number of carbonyl (C=O) groups is 2. The second-order valence-corrected chi connectivity index (χ2v) is 8.23. The third-order valence-electron chi connectivity index (χ3n) is 4.20. The highest BCUT2D eigenvalue weighted by atomic mass is 32.1. The average molecular weight is 399 g/mol. The lowest BCUT2D eigenvalue weighted by atomic mass is 10.2. The molecule has 0 saturated heterocycles. The molecule has 0 aliphatic carbocycles. The van der Waals surface area contributed by atoms with Crippen molar-refractivity contribution in [2.75, 3.05) is 23.7 Å². The highest BCUT2D eigenvalue weighted by Gasteiger charge is 2.23. The molecule has 0 unspecified atom stereocenters. The van der Waals surface area contributed by atoms with Crippen LogP contribution in [0.1, 0.15) is 20.2 Å². The van der Waals surface area contributed by atoms with Crippen LogP contribution in [0, 0.1) is 0 Å². The van der Waals surface area contributed by atoms with Crippen LogP contribution in [-0.4, -0.2) is 34.8 Å². The van der Waals surface area contributed by atoms with Crippen molar-refractivity contribution in [3.05, 3.63) is 63.3 Å². The van der Waals surface area contributed by atoms with Gasteiger partial charge in [0.2, 0.25) is 5.91 Å². The van der Waals surface area contributed by atoms with E-state index in [1.54, 1.807) is 6.07 Å². The van der Waals surface area contributed by atoms with E-state index in [1.807, 2.05) is 41.8 Å². The van der Waals surface area contributed by atoms with Crippen molar-refractivity contribution < 1.29 is 9.59 Å². The van der Waals surface area contributed by atoms with Crippen molar-refractivity contribution in [1.82, 2.24) is 9.88 Å². The summed E-state index contributed by atoms with van der Waals surface area (Å²) >= 11 is 2.89. The average Bonchev–Trinajstić information content (AvgIpc) is 3.31. The highest BCUT2D eigenvalue weighted by molar-refractivity contribution is 7.16. The summed E-state index contributed by atoms with van der Waals surface area (Å²) in [7, 11) is 0. The molecule has 3 heterocycles. The molecule has 8 heteroatoms. The lowest BCUT2D eigenvalue weighted by Crippen LogP contribution is -2.36. The zero-order valence-electron chi connectivity index (χ0n) is 14.5. The number of carbonyl (C=O) groups excluding carboxylic acids is 2. The van der Waals surface area contributed by atoms with Crippen LogP contribution in [0.15, 0.2) is 47.8 Å². The van der Waals surface area contributed by atoms with Gasteiger partial charge >= 0.3 is 0 Å². The first-order chi connectivity index (χ1) is 13.2. The molecule has 27 heavy (non-hydrogen) atoms. The monoisotopic (exact) mass is 398 g/mol. The minimum Gasteiger partial charge on any atom is -0.325 e. The Labute approximate surface area is 164 Å². The number of thiophene rings is 1. The fourth-order valence-corrected chi connectivity index (χ4v) is 4.59. The Morgan fingerprint density at radius 1 is 1.11 bits per heavy atom. The molecule has 6 nitrogen and oxygen atoms in total. The van der Waals surface area contributed by atoms with Crippen molar-refractivity contribution in [3.63, 3.8) is 0 Å². The number of anilines is 2. The fourth-order valence-electron chi connectivity index (χ4n) is 2.93. The van der Waals surface area contributed by atoms with Crippen LogP contribution in [0.4, 0.5) is 10.8 Å². The largest absolute Gasteiger partial charge is 0.325 e. The molecular weight excluding hydrogens is 380 g/mol. The number of rotatable bonds is 5. The SMILES string of the molecule is O=C(CN1CCc2nc(NC(=O)c3cccs3)sc2C1)Nc1ccccc1. The Morgan fingerprint density at radius 3 is 2.74 bits per heavy atom. The predicted octanol–water partition coefficient (Wildman–Crippen LogP) is 3.45. The van der Waals surface area contributed by atoms with Gasteiger partial charge in [0.1, 0.15) is 0 Å². The number of hydrogen-bond donors (Lipinski definition) is 2. The molecule has 1 aromatic carbocycles. The Balaban J connectivity index is 1.35. The molecule has 0 bridgehead atoms. The number of hydrogen-bond acceptors (Lipinski definition) is 6. The first kappa shape index (κ1) is 17.8. The third kappa shape index (κ3) is 4.41. The second kappa shape index (κ2) is 7.99. The lowest BCUT2D eigenvalue weighted by molar-refractivity contribution is -0.117. The van der Waals surface area contributed by atoms with E-state index in [-0.39, 0.29) is 11.8 Å². The van der Waals surface area contributed by atoms with Gasteiger partial charge in [0.25, 0.3) is 5.91 Å². The number of fused-ring (bicyclic) bond motifs is 1. The maximum absolute atomic E-state index is 12.3. The van der Waals surface area contributed by atoms with Crippen LogP contribution < -0.4 is 10.6 Å². The van der Waals surface area contributed by atoms with Crippen LogP contribution in [-0.2, 0) is 17.8 Å². The number of para-hydroxylation sites is 1. The van der Waals surface area contributed by atoms with E-state index in [9.17, 15) is 9.59 Å². The Kier molecular flexibility index (Phi) is 5.28. The summed E-state index contributed by atoms with van der Waals surface area (Å²) in [6, 6.07) is 13.1. The molecule has 0 fully saturated rings. The van der Waals surface area contributed by atoms with E-state index in [2.05, 4.69) is 20.5 Å². The molecule has 1 aliphatic heterocycles. The summed E-state index contributed by atoms with van der Waals surface area (Å²) in [5.74, 6) is -0.157. The molecule has 2 N–H and O–H groups in total. The minimum absolute atomic E-state index is 0.0274. The van der Waals surface area contributed by atoms with Gasteiger partial charge in [-0.1, -0.05) is 24.3 Å². The van der Waals surface area contributed by atoms with Crippen LogP contribution in [0.3, 0.4) is 0 Å². The summed E-state index contributed by atoms with van der Waals surface area (Å²) in [4.78, 5) is 32.9. The van der Waals surface area contributed by atoms with Gasteiger partial charge in [-0.15, -0.1) is 22.7 Å². The zero-order valence-corrected chi connectivity index (χ0v) is 16.1. The van der Waals surface area contributed by atoms with Crippen LogP contribution >= 0.6 is 22.7 Å². The molecule has 0 atom stereocenters. The number of aromatic nitrogens is 1. The van der Waals surface area contributed by atoms with Gasteiger partial charge in [-0.2, -0.15) is 0 Å². The van der Waals surface area contributed by atoms with Crippen LogP contribution in [0.5, 0.6) is 0 Å². The molecule has 0 saturated carbocycles. The standard InChI is InChI=1S/C19H18N4O2S2/c24-17(20-13-5-2-1-3-6-13)12-23-9-8-14-16(11-23)27-19(21-14)22-18(25)15-7-4-10-26-15/h1-7,10H,8-9,11-12H2,(H,20,24)(H,21,22,25). The Hall–Kier alpha value is -2.55. The van der Waals surface area contributed by atoms with Crippen molar-refractivity contribution in [2.24, 2.45) is 0 Å². The molecule has 2 aromatic heterocycles. The van der Waals surface area contributed by atoms with E-state index in [0.29, 0.717) is 23.1 Å². The molecule has 138 valence electrons. The van der Waals surface area contributed by atoms with Crippen molar-refractivity contribution >= 4 is 45.3 Å². The molecule has 4 rings (SSSR count). The normalized spacial score (nSPS) is 13.8. The molecule has 3 aromatic rings. The molecular formula is C19H18N4O2S2. The lowest BCUT2D eigenvalue weighted by Gasteiger charge is -2.25. The quantitative estimate of drug-likeness (QED) is 0.690. The summed E-state index contributed by atoms with van der Waals surface area (Å²) in [5.41, 5.74) is 1.82. The van der Waals surface area contributed by atoms with Gasteiger partial charge in [-0.3, -0.25) is 19.8 Å². The number of benzene rings is 1. The second-order valence-electron chi connectivity index (χ2n) is 6.20. The van der Waals surface area contributed by atoms with Crippen molar-refractivity contribution in [1.29, 1.82) is 0 Å². The van der Waals surface area contributed by atoms with Gasteiger partial charge < -0.3 is 5.32 Å². The van der Waals surface area contributed by atoms with Crippen LogP contribution in [0.2, 0.25) is 0 Å². The maximum atomic E-state index is 12.3. The van der Waals surface area contributed by atoms with Gasteiger partial charge in [0, 0.05) is 30.1 Å². The Bertz CT molecular complexity index is 938. The first-order valence-electron chi connectivity index (χ1n) is 8.58. The van der Waals surface area contributed by atoms with Gasteiger partial charge in [-0.25, -0.2) is 4.98 Å². The summed E-state index contributed by atoms with van der Waals surface area (Å²) < 4.78 is 0. The fraction of sp³-hybridized carbons (Fsp3) is 0.211. The van der Waals surface area contributed by atoms with E-state index in [0.717, 1.165) is 29.2 Å². The molecule has 1 aliphatic rings. The van der Waals surface area contributed by atoms with E-state index in [1.165, 1.54) is 22.7 Å². The number of nitrogens with zero attached hydrogens (tertiary/aromatic N) is 2. The molecule has 0 radical (unpaired) electrons. The van der Waals surface area contributed by atoms with Crippen molar-refractivity contribution in [3.8, 4) is 0 Å². The van der Waals surface area contributed by atoms with E-state index < -0.39 is 0 Å². The van der Waals surface area contributed by atoms with Crippen molar-refractivity contribution in [2.45, 2.75) is 13.0 Å². The maximum Gasteiger partial charge on any atom is 0.267 e. The van der Waals surface area contributed by atoms with E-state index in [4.69, 9.17) is 0 Å². The summed E-state index contributed by atoms with van der Waals surface area (Å²) in [6.07, 6.45) is 0.777. The number of thiazole rings is 1. The molecule has 0 spiro atoms. The van der Waals surface area contributed by atoms with Gasteiger partial charge in [0.05, 0.1) is 17.1 Å². The number of amides is 2. The smallest absolute Gasteiger partial charge is 0.267 e. The summed E-state index contributed by atoms with van der Waals surface area (Å²) in [5, 5.41) is 8.28. The predicted molar refractivity (Wildman–Crippen MR) is 108 cm³/mol. The zero-order chi connectivity index (χ0) is 18.6. The van der Waals surface area contributed by atoms with Gasteiger partial charge in [-0.05, 0) is 23.6 Å². The topological polar surface area (TPSA) is 74.3 Å². The molecule has 2 amide bonds. The third-order valence-corrected chi connectivity index (χ3v) is 6.07. The minimum atomic E-state index is -0.129. The first-order valence-corrected chi connectivity index (χ1v) is 10.3. The highest BCUT2D eigenvalue weighted by Crippen LogP contribution is 2.28. The Morgan fingerprint density at radius 2 is 1.96 bits per heavy atom. The van der Waals surface area contributed by atoms with Gasteiger partial charge in [0.15, 0.2) is 5.13 Å². The van der Waals surface area contributed by atoms with Crippen LogP contribution in [0.25, 0.3) is 0 Å².